The smallest absolute Gasteiger partial charge is 0.183 e. The second-order valence-corrected chi connectivity index (χ2v) is 3.43. The van der Waals surface area contributed by atoms with Gasteiger partial charge in [0.1, 0.15) is 6.07 Å². The first-order valence-corrected chi connectivity index (χ1v) is 4.75. The third kappa shape index (κ3) is 2.08. The largest absolute Gasteiger partial charge is 0.350 e. The van der Waals surface area contributed by atoms with Crippen LogP contribution in [0, 0.1) is 23.0 Å². The number of rotatable bonds is 2. The van der Waals surface area contributed by atoms with Gasteiger partial charge in [-0.25, -0.2) is 8.78 Å². The number of aromatic nitrogens is 2. The topological polar surface area (TPSA) is 53.6 Å². The van der Waals surface area contributed by atoms with Crippen molar-refractivity contribution in [2.24, 2.45) is 7.05 Å². The highest BCUT2D eigenvalue weighted by molar-refractivity contribution is 5.60. The Morgan fingerprint density at radius 1 is 1.35 bits per heavy atom. The van der Waals surface area contributed by atoms with Crippen LogP contribution in [0.2, 0.25) is 0 Å². The molecule has 6 heteroatoms. The van der Waals surface area contributed by atoms with Gasteiger partial charge >= 0.3 is 0 Å². The van der Waals surface area contributed by atoms with Gasteiger partial charge in [0.25, 0.3) is 0 Å². The Morgan fingerprint density at radius 3 is 2.71 bits per heavy atom. The molecule has 0 aliphatic carbocycles. The molecule has 2 aromatic rings. The Hall–Kier alpha value is -2.42. The maximum absolute atomic E-state index is 13.5. The highest BCUT2D eigenvalue weighted by Crippen LogP contribution is 2.23. The zero-order valence-electron chi connectivity index (χ0n) is 8.91. The van der Waals surface area contributed by atoms with Crippen molar-refractivity contribution >= 4 is 11.4 Å². The molecule has 1 heterocycles. The van der Waals surface area contributed by atoms with Crippen LogP contribution in [0.3, 0.4) is 0 Å². The van der Waals surface area contributed by atoms with Crippen molar-refractivity contribution in [3.63, 3.8) is 0 Å². The second-order valence-electron chi connectivity index (χ2n) is 3.43. The minimum Gasteiger partial charge on any atom is -0.350 e. The molecule has 1 aromatic carbocycles. The molecule has 0 saturated carbocycles. The number of benzene rings is 1. The highest BCUT2D eigenvalue weighted by atomic mass is 19.2. The quantitative estimate of drug-likeness (QED) is 0.867. The monoisotopic (exact) mass is 234 g/mol. The van der Waals surface area contributed by atoms with Crippen molar-refractivity contribution in [2.75, 3.05) is 5.32 Å². The van der Waals surface area contributed by atoms with Crippen LogP contribution in [0.25, 0.3) is 0 Å². The molecule has 1 aromatic heterocycles. The van der Waals surface area contributed by atoms with Crippen molar-refractivity contribution in [1.29, 1.82) is 5.26 Å². The third-order valence-corrected chi connectivity index (χ3v) is 2.19. The van der Waals surface area contributed by atoms with Gasteiger partial charge < -0.3 is 5.32 Å². The fraction of sp³-hybridized carbons (Fsp3) is 0.0909. The van der Waals surface area contributed by atoms with E-state index in [0.717, 1.165) is 0 Å². The molecule has 0 aliphatic heterocycles. The minimum atomic E-state index is -1.15. The number of aryl methyl sites for hydroxylation is 1. The summed E-state index contributed by atoms with van der Waals surface area (Å²) in [4.78, 5) is 0. The van der Waals surface area contributed by atoms with Crippen LogP contribution in [0.1, 0.15) is 5.56 Å². The van der Waals surface area contributed by atoms with Gasteiger partial charge in [0.15, 0.2) is 11.6 Å². The summed E-state index contributed by atoms with van der Waals surface area (Å²) in [7, 11) is 1.71. The van der Waals surface area contributed by atoms with Gasteiger partial charge in [-0.05, 0) is 12.1 Å². The van der Waals surface area contributed by atoms with Gasteiger partial charge in [-0.2, -0.15) is 10.4 Å². The van der Waals surface area contributed by atoms with Gasteiger partial charge in [-0.1, -0.05) is 0 Å². The first kappa shape index (κ1) is 11.1. The van der Waals surface area contributed by atoms with Gasteiger partial charge in [0, 0.05) is 13.2 Å². The summed E-state index contributed by atoms with van der Waals surface area (Å²) in [5.74, 6) is -2.23. The highest BCUT2D eigenvalue weighted by Gasteiger charge is 2.13. The molecule has 4 nitrogen and oxygen atoms in total. The van der Waals surface area contributed by atoms with Crippen molar-refractivity contribution in [3.05, 3.63) is 41.7 Å². The fourth-order valence-electron chi connectivity index (χ4n) is 1.37. The van der Waals surface area contributed by atoms with E-state index in [9.17, 15) is 8.78 Å². The predicted molar refractivity (Wildman–Crippen MR) is 57.6 cm³/mol. The number of nitrogens with one attached hydrogen (secondary N) is 1. The Balaban J connectivity index is 2.35. The summed E-state index contributed by atoms with van der Waals surface area (Å²) in [6, 6.07) is 4.10. The van der Waals surface area contributed by atoms with E-state index in [4.69, 9.17) is 5.26 Å². The Kier molecular flexibility index (Phi) is 2.75. The Labute approximate surface area is 96.1 Å². The number of hydrogen-bond acceptors (Lipinski definition) is 3. The van der Waals surface area contributed by atoms with Crippen molar-refractivity contribution in [2.45, 2.75) is 0 Å². The average molecular weight is 234 g/mol. The molecule has 17 heavy (non-hydrogen) atoms. The van der Waals surface area contributed by atoms with Gasteiger partial charge in [-0.3, -0.25) is 4.68 Å². The lowest BCUT2D eigenvalue weighted by atomic mass is 10.2. The summed E-state index contributed by atoms with van der Waals surface area (Å²) in [5.41, 5.74) is 0.184. The molecule has 86 valence electrons. The summed E-state index contributed by atoms with van der Waals surface area (Å²) in [5, 5.41) is 15.1. The normalized spacial score (nSPS) is 10.0. The van der Waals surface area contributed by atoms with E-state index < -0.39 is 11.6 Å². The molecule has 0 spiro atoms. The first-order chi connectivity index (χ1) is 8.11. The Bertz CT molecular complexity index is 598. The van der Waals surface area contributed by atoms with E-state index in [1.807, 2.05) is 0 Å². The molecule has 1 N–H and O–H groups in total. The van der Waals surface area contributed by atoms with Crippen LogP contribution in [0.15, 0.2) is 24.5 Å². The van der Waals surface area contributed by atoms with Crippen LogP contribution in [-0.2, 0) is 7.05 Å². The van der Waals surface area contributed by atoms with E-state index >= 15 is 0 Å². The number of anilines is 2. The molecule has 0 atom stereocenters. The number of hydrogen-bond donors (Lipinski definition) is 1. The Morgan fingerprint density at radius 2 is 2.12 bits per heavy atom. The summed E-state index contributed by atoms with van der Waals surface area (Å²) < 4.78 is 28.4. The van der Waals surface area contributed by atoms with Gasteiger partial charge in [-0.15, -0.1) is 0 Å². The molecule has 2 rings (SSSR count). The van der Waals surface area contributed by atoms with E-state index in [0.29, 0.717) is 5.69 Å². The number of halogens is 2. The zero-order valence-corrected chi connectivity index (χ0v) is 8.91. The fourth-order valence-corrected chi connectivity index (χ4v) is 1.37. The van der Waals surface area contributed by atoms with E-state index in [1.54, 1.807) is 19.3 Å². The summed E-state index contributed by atoms with van der Waals surface area (Å²) in [6.45, 7) is 0. The minimum absolute atomic E-state index is 0.0329. The van der Waals surface area contributed by atoms with Crippen LogP contribution in [-0.4, -0.2) is 9.78 Å². The standard InChI is InChI=1S/C11H8F2N4/c1-17-6-8(5-15-17)16-9-3-2-7(4-14)10(12)11(9)13/h2-3,5-6,16H,1H3. The van der Waals surface area contributed by atoms with Crippen molar-refractivity contribution in [3.8, 4) is 6.07 Å². The van der Waals surface area contributed by atoms with Crippen LogP contribution in [0.5, 0.6) is 0 Å². The molecule has 0 fully saturated rings. The zero-order chi connectivity index (χ0) is 12.4. The number of nitrogens with zero attached hydrogens (tertiary/aromatic N) is 3. The van der Waals surface area contributed by atoms with Gasteiger partial charge in [0.2, 0.25) is 0 Å². The molecular weight excluding hydrogens is 226 g/mol. The molecule has 0 saturated heterocycles. The van der Waals surface area contributed by atoms with E-state index in [2.05, 4.69) is 10.4 Å². The van der Waals surface area contributed by atoms with E-state index in [-0.39, 0.29) is 11.3 Å². The predicted octanol–water partition coefficient (Wildman–Crippen LogP) is 2.31. The molecule has 0 amide bonds. The molecular formula is C11H8F2N4. The van der Waals surface area contributed by atoms with Crippen molar-refractivity contribution in [1.82, 2.24) is 9.78 Å². The number of nitriles is 1. The lowest BCUT2D eigenvalue weighted by Crippen LogP contribution is -1.98. The first-order valence-electron chi connectivity index (χ1n) is 4.75. The van der Waals surface area contributed by atoms with Gasteiger partial charge in [0.05, 0.1) is 23.1 Å². The maximum Gasteiger partial charge on any atom is 0.183 e. The van der Waals surface area contributed by atoms with Crippen LogP contribution < -0.4 is 5.32 Å². The summed E-state index contributed by atoms with van der Waals surface area (Å²) >= 11 is 0. The maximum atomic E-state index is 13.5. The summed E-state index contributed by atoms with van der Waals surface area (Å²) in [6.07, 6.45) is 3.10. The average Bonchev–Trinajstić information content (AvgIpc) is 2.71. The molecule has 0 radical (unpaired) electrons. The lowest BCUT2D eigenvalue weighted by Gasteiger charge is -2.06. The molecule has 0 unspecified atom stereocenters. The van der Waals surface area contributed by atoms with Crippen LogP contribution in [0.4, 0.5) is 20.2 Å². The van der Waals surface area contributed by atoms with Crippen molar-refractivity contribution < 1.29 is 8.78 Å². The lowest BCUT2D eigenvalue weighted by molar-refractivity contribution is 0.509. The molecule has 0 bridgehead atoms. The molecule has 0 aliphatic rings. The second kappa shape index (κ2) is 4.22. The SMILES string of the molecule is Cn1cc(Nc2ccc(C#N)c(F)c2F)cn1. The third-order valence-electron chi connectivity index (χ3n) is 2.19. The van der Waals surface area contributed by atoms with E-state index in [1.165, 1.54) is 23.0 Å². The van der Waals surface area contributed by atoms with Crippen LogP contribution >= 0.6 is 0 Å².